The van der Waals surface area contributed by atoms with E-state index in [9.17, 15) is 17.6 Å². The first-order valence-electron chi connectivity index (χ1n) is 4.12. The van der Waals surface area contributed by atoms with E-state index in [4.69, 9.17) is 5.26 Å². The van der Waals surface area contributed by atoms with Gasteiger partial charge < -0.3 is 0 Å². The van der Waals surface area contributed by atoms with Crippen LogP contribution >= 0.6 is 0 Å². The lowest BCUT2D eigenvalue weighted by Crippen LogP contribution is -2.11. The van der Waals surface area contributed by atoms with E-state index in [2.05, 4.69) is 0 Å². The summed E-state index contributed by atoms with van der Waals surface area (Å²) in [6.45, 7) is 1.34. The highest BCUT2D eigenvalue weighted by atomic mass is 19.4. The van der Waals surface area contributed by atoms with Crippen molar-refractivity contribution in [2.75, 3.05) is 0 Å². The molecule has 1 aromatic rings. The number of benzene rings is 1. The number of hydrogen-bond donors (Lipinski definition) is 0. The van der Waals surface area contributed by atoms with Crippen LogP contribution < -0.4 is 0 Å². The molecular weight excluding hydrogens is 210 g/mol. The van der Waals surface area contributed by atoms with Crippen LogP contribution in [-0.2, 0) is 6.18 Å². The lowest BCUT2D eigenvalue weighted by atomic mass is 9.96. The standard InChI is InChI=1S/C10H7F4N/c1-6(5-15)8-3-2-7(11)4-9(8)10(12,13)14/h2-4,6H,1H3. The molecule has 1 rings (SSSR count). The topological polar surface area (TPSA) is 23.8 Å². The fourth-order valence-electron chi connectivity index (χ4n) is 1.22. The molecule has 0 fully saturated rings. The maximum absolute atomic E-state index is 12.7. The second-order valence-electron chi connectivity index (χ2n) is 3.08. The molecule has 1 nitrogen and oxygen atoms in total. The van der Waals surface area contributed by atoms with Crippen molar-refractivity contribution in [1.29, 1.82) is 5.26 Å². The number of alkyl halides is 3. The molecule has 0 aromatic heterocycles. The van der Waals surface area contributed by atoms with E-state index < -0.39 is 23.5 Å². The Morgan fingerprint density at radius 3 is 2.40 bits per heavy atom. The predicted molar refractivity (Wildman–Crippen MR) is 45.4 cm³/mol. The van der Waals surface area contributed by atoms with Crippen LogP contribution in [0.2, 0.25) is 0 Å². The third kappa shape index (κ3) is 2.46. The van der Waals surface area contributed by atoms with Crippen molar-refractivity contribution in [3.05, 3.63) is 35.1 Å². The molecule has 80 valence electrons. The molecule has 0 amide bonds. The molecule has 0 aliphatic rings. The van der Waals surface area contributed by atoms with E-state index in [-0.39, 0.29) is 5.56 Å². The van der Waals surface area contributed by atoms with Crippen LogP contribution in [0, 0.1) is 17.1 Å². The normalized spacial score (nSPS) is 13.3. The number of rotatable bonds is 1. The molecule has 1 atom stereocenters. The van der Waals surface area contributed by atoms with Crippen LogP contribution in [0.3, 0.4) is 0 Å². The second-order valence-corrected chi connectivity index (χ2v) is 3.08. The van der Waals surface area contributed by atoms with Gasteiger partial charge in [0.05, 0.1) is 17.6 Å². The van der Waals surface area contributed by atoms with Crippen molar-refractivity contribution in [1.82, 2.24) is 0 Å². The van der Waals surface area contributed by atoms with Crippen molar-refractivity contribution in [3.63, 3.8) is 0 Å². The first kappa shape index (κ1) is 11.5. The van der Waals surface area contributed by atoms with Crippen molar-refractivity contribution < 1.29 is 17.6 Å². The Balaban J connectivity index is 3.35. The second kappa shape index (κ2) is 3.89. The quantitative estimate of drug-likeness (QED) is 0.660. The zero-order chi connectivity index (χ0) is 11.6. The van der Waals surface area contributed by atoms with Crippen molar-refractivity contribution in [3.8, 4) is 6.07 Å². The van der Waals surface area contributed by atoms with E-state index in [0.717, 1.165) is 12.1 Å². The van der Waals surface area contributed by atoms with Crippen LogP contribution in [0.1, 0.15) is 24.0 Å². The lowest BCUT2D eigenvalue weighted by Gasteiger charge is -2.13. The Kier molecular flexibility index (Phi) is 2.98. The number of hydrogen-bond acceptors (Lipinski definition) is 1. The molecule has 1 unspecified atom stereocenters. The molecule has 15 heavy (non-hydrogen) atoms. The van der Waals surface area contributed by atoms with Crippen LogP contribution in [-0.4, -0.2) is 0 Å². The smallest absolute Gasteiger partial charge is 0.207 e. The third-order valence-corrected chi connectivity index (χ3v) is 1.98. The number of halogens is 4. The average Bonchev–Trinajstić information content (AvgIpc) is 2.15. The van der Waals surface area contributed by atoms with Gasteiger partial charge in [-0.05, 0) is 24.6 Å². The molecule has 0 aliphatic carbocycles. The van der Waals surface area contributed by atoms with Crippen LogP contribution in [0.4, 0.5) is 17.6 Å². The molecule has 0 aliphatic heterocycles. The summed E-state index contributed by atoms with van der Waals surface area (Å²) in [5.74, 6) is -1.88. The molecule has 0 bridgehead atoms. The largest absolute Gasteiger partial charge is 0.416 e. The Hall–Kier alpha value is -1.57. The van der Waals surface area contributed by atoms with Gasteiger partial charge in [0.25, 0.3) is 0 Å². The maximum atomic E-state index is 12.7. The van der Waals surface area contributed by atoms with Crippen LogP contribution in [0.5, 0.6) is 0 Å². The van der Waals surface area contributed by atoms with Gasteiger partial charge in [0.1, 0.15) is 5.82 Å². The van der Waals surface area contributed by atoms with Crippen molar-refractivity contribution in [2.45, 2.75) is 19.0 Å². The maximum Gasteiger partial charge on any atom is 0.416 e. The Morgan fingerprint density at radius 1 is 1.33 bits per heavy atom. The third-order valence-electron chi connectivity index (χ3n) is 1.98. The van der Waals surface area contributed by atoms with Gasteiger partial charge in [0.15, 0.2) is 0 Å². The van der Waals surface area contributed by atoms with Gasteiger partial charge in [-0.25, -0.2) is 4.39 Å². The van der Waals surface area contributed by atoms with Crippen molar-refractivity contribution >= 4 is 0 Å². The first-order valence-corrected chi connectivity index (χ1v) is 4.12. The first-order chi connectivity index (χ1) is 6.86. The van der Waals surface area contributed by atoms with E-state index in [1.165, 1.54) is 6.92 Å². The zero-order valence-electron chi connectivity index (χ0n) is 7.77. The van der Waals surface area contributed by atoms with Gasteiger partial charge in [-0.1, -0.05) is 6.07 Å². The number of nitriles is 1. The fourth-order valence-corrected chi connectivity index (χ4v) is 1.22. The SMILES string of the molecule is CC(C#N)c1ccc(F)cc1C(F)(F)F. The van der Waals surface area contributed by atoms with E-state index in [1.807, 2.05) is 0 Å². The Bertz CT molecular complexity index is 403. The summed E-state index contributed by atoms with van der Waals surface area (Å²) in [6.07, 6.45) is -4.64. The summed E-state index contributed by atoms with van der Waals surface area (Å²) in [7, 11) is 0. The van der Waals surface area contributed by atoms with E-state index in [1.54, 1.807) is 6.07 Å². The van der Waals surface area contributed by atoms with Gasteiger partial charge >= 0.3 is 6.18 Å². The molecule has 1 aromatic carbocycles. The lowest BCUT2D eigenvalue weighted by molar-refractivity contribution is -0.138. The van der Waals surface area contributed by atoms with Crippen LogP contribution in [0.25, 0.3) is 0 Å². The molecule has 0 spiro atoms. The highest BCUT2D eigenvalue weighted by Gasteiger charge is 2.34. The highest BCUT2D eigenvalue weighted by Crippen LogP contribution is 2.35. The summed E-state index contributed by atoms with van der Waals surface area (Å²) in [4.78, 5) is 0. The van der Waals surface area contributed by atoms with Crippen molar-refractivity contribution in [2.24, 2.45) is 0 Å². The summed E-state index contributed by atoms with van der Waals surface area (Å²) in [5, 5.41) is 8.54. The summed E-state index contributed by atoms with van der Waals surface area (Å²) in [6, 6.07) is 4.00. The van der Waals surface area contributed by atoms with Gasteiger partial charge in [-0.2, -0.15) is 18.4 Å². The Morgan fingerprint density at radius 2 is 1.93 bits per heavy atom. The zero-order valence-corrected chi connectivity index (χ0v) is 7.77. The summed E-state index contributed by atoms with van der Waals surface area (Å²) >= 11 is 0. The Labute approximate surface area is 83.9 Å². The number of nitrogens with zero attached hydrogens (tertiary/aromatic N) is 1. The molecule has 0 saturated carbocycles. The van der Waals surface area contributed by atoms with E-state index in [0.29, 0.717) is 6.07 Å². The van der Waals surface area contributed by atoms with Gasteiger partial charge in [0.2, 0.25) is 0 Å². The molecule has 0 saturated heterocycles. The van der Waals surface area contributed by atoms with Gasteiger partial charge in [0, 0.05) is 0 Å². The minimum absolute atomic E-state index is 0.202. The fraction of sp³-hybridized carbons (Fsp3) is 0.300. The molecule has 0 radical (unpaired) electrons. The molecule has 0 heterocycles. The molecular formula is C10H7F4N. The summed E-state index contributed by atoms with van der Waals surface area (Å²) < 4.78 is 50.0. The monoisotopic (exact) mass is 217 g/mol. The average molecular weight is 217 g/mol. The highest BCUT2D eigenvalue weighted by molar-refractivity contribution is 5.35. The minimum Gasteiger partial charge on any atom is -0.207 e. The van der Waals surface area contributed by atoms with E-state index >= 15 is 0 Å². The minimum atomic E-state index is -4.64. The predicted octanol–water partition coefficient (Wildman–Crippen LogP) is 3.47. The van der Waals surface area contributed by atoms with Crippen LogP contribution in [0.15, 0.2) is 18.2 Å². The summed E-state index contributed by atoms with van der Waals surface area (Å²) in [5.41, 5.74) is -1.29. The molecule has 5 heteroatoms. The molecule has 0 N–H and O–H groups in total. The van der Waals surface area contributed by atoms with Gasteiger partial charge in [-0.3, -0.25) is 0 Å². The van der Waals surface area contributed by atoms with Gasteiger partial charge in [-0.15, -0.1) is 0 Å².